The van der Waals surface area contributed by atoms with E-state index in [4.69, 9.17) is 22.1 Å². The van der Waals surface area contributed by atoms with Gasteiger partial charge in [-0.05, 0) is 35.9 Å². The fourth-order valence-corrected chi connectivity index (χ4v) is 2.86. The Hall–Kier alpha value is -1.03. The number of ether oxygens (including phenoxy) is 1. The van der Waals surface area contributed by atoms with Gasteiger partial charge in [0.15, 0.2) is 0 Å². The molecule has 2 N–H and O–H groups in total. The first-order valence-electron chi connectivity index (χ1n) is 6.10. The average molecular weight is 339 g/mol. The van der Waals surface area contributed by atoms with Crippen LogP contribution in [0, 0.1) is 0 Å². The molecule has 0 saturated heterocycles. The molecule has 0 aliphatic carbocycles. The van der Waals surface area contributed by atoms with Gasteiger partial charge in [-0.2, -0.15) is 0 Å². The molecule has 2 atom stereocenters. The molecule has 0 bridgehead atoms. The summed E-state index contributed by atoms with van der Waals surface area (Å²) in [6.07, 6.45) is 0.756. The van der Waals surface area contributed by atoms with Crippen molar-refractivity contribution in [3.05, 3.63) is 63.1 Å². The molecule has 0 radical (unpaired) electrons. The second kappa shape index (κ2) is 5.16. The molecule has 4 heteroatoms. The third kappa shape index (κ3) is 2.64. The lowest BCUT2D eigenvalue weighted by molar-refractivity contribution is 0.161. The zero-order chi connectivity index (χ0) is 13.4. The van der Waals surface area contributed by atoms with Crippen LogP contribution in [0.2, 0.25) is 5.02 Å². The molecule has 0 saturated carbocycles. The van der Waals surface area contributed by atoms with Crippen molar-refractivity contribution >= 4 is 27.5 Å². The molecule has 1 heterocycles. The Morgan fingerprint density at radius 1 is 1.16 bits per heavy atom. The Morgan fingerprint density at radius 2 is 1.89 bits per heavy atom. The molecule has 0 amide bonds. The first-order chi connectivity index (χ1) is 9.13. The molecule has 2 aromatic rings. The van der Waals surface area contributed by atoms with E-state index in [0.29, 0.717) is 0 Å². The van der Waals surface area contributed by atoms with Crippen LogP contribution >= 0.6 is 27.5 Å². The predicted molar refractivity (Wildman–Crippen MR) is 80.5 cm³/mol. The fraction of sp³-hybridized carbons (Fsp3) is 0.200. The molecule has 0 spiro atoms. The fourth-order valence-electron chi connectivity index (χ4n) is 2.36. The van der Waals surface area contributed by atoms with Crippen LogP contribution in [0.3, 0.4) is 0 Å². The van der Waals surface area contributed by atoms with Crippen molar-refractivity contribution < 1.29 is 4.74 Å². The average Bonchev–Trinajstić information content (AvgIpc) is 2.40. The molecular weight excluding hydrogens is 326 g/mol. The highest BCUT2D eigenvalue weighted by molar-refractivity contribution is 9.10. The van der Waals surface area contributed by atoms with Gasteiger partial charge < -0.3 is 10.5 Å². The lowest BCUT2D eigenvalue weighted by atomic mass is 9.94. The quantitative estimate of drug-likeness (QED) is 0.823. The van der Waals surface area contributed by atoms with Crippen LogP contribution in [0.5, 0.6) is 5.75 Å². The standard InChI is InChI=1S/C15H13BrClNO/c16-10-3-6-14-12(7-10)13(18)8-15(19-14)9-1-4-11(17)5-2-9/h1-7,13,15H,8,18H2. The van der Waals surface area contributed by atoms with E-state index in [2.05, 4.69) is 15.9 Å². The summed E-state index contributed by atoms with van der Waals surface area (Å²) >= 11 is 9.37. The molecule has 2 nitrogen and oxygen atoms in total. The molecule has 0 aromatic heterocycles. The minimum absolute atomic E-state index is 0.0121. The lowest BCUT2D eigenvalue weighted by Gasteiger charge is -2.30. The number of hydrogen-bond donors (Lipinski definition) is 1. The molecule has 98 valence electrons. The van der Waals surface area contributed by atoms with E-state index in [9.17, 15) is 0 Å². The van der Waals surface area contributed by atoms with Crippen molar-refractivity contribution in [1.29, 1.82) is 0 Å². The van der Waals surface area contributed by atoms with Crippen LogP contribution in [0.1, 0.15) is 29.7 Å². The van der Waals surface area contributed by atoms with Gasteiger partial charge in [-0.1, -0.05) is 39.7 Å². The van der Waals surface area contributed by atoms with Crippen LogP contribution in [-0.2, 0) is 0 Å². The number of nitrogens with two attached hydrogens (primary N) is 1. The van der Waals surface area contributed by atoms with Crippen molar-refractivity contribution in [2.45, 2.75) is 18.6 Å². The highest BCUT2D eigenvalue weighted by Crippen LogP contribution is 2.40. The normalized spacial score (nSPS) is 21.6. The van der Waals surface area contributed by atoms with E-state index in [1.807, 2.05) is 42.5 Å². The zero-order valence-electron chi connectivity index (χ0n) is 10.1. The predicted octanol–water partition coefficient (Wildman–Crippen LogP) is 4.63. The first-order valence-corrected chi connectivity index (χ1v) is 7.28. The van der Waals surface area contributed by atoms with Crippen molar-refractivity contribution in [1.82, 2.24) is 0 Å². The summed E-state index contributed by atoms with van der Waals surface area (Å²) in [5.74, 6) is 0.863. The van der Waals surface area contributed by atoms with Crippen molar-refractivity contribution in [2.75, 3.05) is 0 Å². The van der Waals surface area contributed by atoms with Crippen LogP contribution in [0.25, 0.3) is 0 Å². The molecule has 1 aliphatic rings. The monoisotopic (exact) mass is 337 g/mol. The van der Waals surface area contributed by atoms with E-state index in [-0.39, 0.29) is 12.1 Å². The summed E-state index contributed by atoms with van der Waals surface area (Å²) in [7, 11) is 0. The Morgan fingerprint density at radius 3 is 2.63 bits per heavy atom. The van der Waals surface area contributed by atoms with Gasteiger partial charge in [0.05, 0.1) is 0 Å². The maximum absolute atomic E-state index is 6.25. The number of benzene rings is 2. The van der Waals surface area contributed by atoms with E-state index < -0.39 is 0 Å². The van der Waals surface area contributed by atoms with E-state index in [1.165, 1.54) is 0 Å². The van der Waals surface area contributed by atoms with Gasteiger partial charge in [0, 0.05) is 27.5 Å². The topological polar surface area (TPSA) is 35.2 Å². The summed E-state index contributed by atoms with van der Waals surface area (Å²) < 4.78 is 7.06. The van der Waals surface area contributed by atoms with Crippen LogP contribution in [0.4, 0.5) is 0 Å². The van der Waals surface area contributed by atoms with Gasteiger partial charge in [-0.15, -0.1) is 0 Å². The number of halogens is 2. The first kappa shape index (κ1) is 13.0. The maximum Gasteiger partial charge on any atom is 0.126 e. The number of fused-ring (bicyclic) bond motifs is 1. The summed E-state index contributed by atoms with van der Waals surface area (Å²) in [6, 6.07) is 13.7. The van der Waals surface area contributed by atoms with E-state index in [0.717, 1.165) is 32.8 Å². The van der Waals surface area contributed by atoms with Crippen LogP contribution in [-0.4, -0.2) is 0 Å². The van der Waals surface area contributed by atoms with Gasteiger partial charge >= 0.3 is 0 Å². The van der Waals surface area contributed by atoms with Gasteiger partial charge in [-0.3, -0.25) is 0 Å². The Bertz CT molecular complexity index is 600. The Labute approximate surface area is 125 Å². The smallest absolute Gasteiger partial charge is 0.126 e. The third-order valence-electron chi connectivity index (χ3n) is 3.35. The van der Waals surface area contributed by atoms with Gasteiger partial charge in [0.25, 0.3) is 0 Å². The van der Waals surface area contributed by atoms with Gasteiger partial charge in [0.2, 0.25) is 0 Å². The largest absolute Gasteiger partial charge is 0.485 e. The summed E-state index contributed by atoms with van der Waals surface area (Å²) in [5.41, 5.74) is 8.41. The Kier molecular flexibility index (Phi) is 3.52. The zero-order valence-corrected chi connectivity index (χ0v) is 12.5. The van der Waals surface area contributed by atoms with Crippen LogP contribution < -0.4 is 10.5 Å². The second-order valence-corrected chi connectivity index (χ2v) is 6.03. The Balaban J connectivity index is 1.92. The summed E-state index contributed by atoms with van der Waals surface area (Å²) in [5, 5.41) is 0.730. The number of hydrogen-bond acceptors (Lipinski definition) is 2. The van der Waals surface area contributed by atoms with Crippen molar-refractivity contribution in [3.63, 3.8) is 0 Å². The van der Waals surface area contributed by atoms with Crippen molar-refractivity contribution in [2.24, 2.45) is 5.73 Å². The highest BCUT2D eigenvalue weighted by Gasteiger charge is 2.27. The summed E-state index contributed by atoms with van der Waals surface area (Å²) in [4.78, 5) is 0. The lowest BCUT2D eigenvalue weighted by Crippen LogP contribution is -2.24. The molecule has 1 aliphatic heterocycles. The van der Waals surface area contributed by atoms with Crippen molar-refractivity contribution in [3.8, 4) is 5.75 Å². The number of rotatable bonds is 1. The van der Waals surface area contributed by atoms with E-state index in [1.54, 1.807) is 0 Å². The van der Waals surface area contributed by atoms with Gasteiger partial charge in [-0.25, -0.2) is 0 Å². The van der Waals surface area contributed by atoms with Gasteiger partial charge in [0.1, 0.15) is 11.9 Å². The molecule has 19 heavy (non-hydrogen) atoms. The van der Waals surface area contributed by atoms with E-state index >= 15 is 0 Å². The molecular formula is C15H13BrClNO. The molecule has 2 unspecified atom stereocenters. The molecule has 2 aromatic carbocycles. The molecule has 0 fully saturated rings. The highest BCUT2D eigenvalue weighted by atomic mass is 79.9. The summed E-state index contributed by atoms with van der Waals surface area (Å²) in [6.45, 7) is 0. The molecule has 3 rings (SSSR count). The van der Waals surface area contributed by atoms with Crippen LogP contribution in [0.15, 0.2) is 46.9 Å². The maximum atomic E-state index is 6.25. The third-order valence-corrected chi connectivity index (χ3v) is 4.10. The minimum Gasteiger partial charge on any atom is -0.485 e. The second-order valence-electron chi connectivity index (χ2n) is 4.68. The SMILES string of the molecule is NC1CC(c2ccc(Cl)cc2)Oc2ccc(Br)cc21. The minimum atomic E-state index is -0.0130.